The minimum atomic E-state index is -0.461. The molecule has 31 heavy (non-hydrogen) atoms. The predicted molar refractivity (Wildman–Crippen MR) is 124 cm³/mol. The molecule has 1 amide bonds. The van der Waals surface area contributed by atoms with E-state index in [9.17, 15) is 14.9 Å². The molecule has 0 saturated carbocycles. The van der Waals surface area contributed by atoms with Gasteiger partial charge in [-0.05, 0) is 29.3 Å². The van der Waals surface area contributed by atoms with Crippen LogP contribution in [-0.4, -0.2) is 15.8 Å². The lowest BCUT2D eigenvalue weighted by molar-refractivity contribution is -0.384. The van der Waals surface area contributed by atoms with Crippen molar-refractivity contribution in [1.29, 1.82) is 0 Å². The van der Waals surface area contributed by atoms with Crippen LogP contribution in [-0.2, 0) is 4.79 Å². The van der Waals surface area contributed by atoms with E-state index in [0.29, 0.717) is 10.7 Å². The molecule has 0 aliphatic rings. The molecule has 4 aromatic rings. The molecular formula is C24H17N3O3S. The Kier molecular flexibility index (Phi) is 5.96. The third-order valence-corrected chi connectivity index (χ3v) is 5.49. The van der Waals surface area contributed by atoms with Crippen molar-refractivity contribution in [2.45, 2.75) is 0 Å². The number of nitro groups is 1. The first-order valence-corrected chi connectivity index (χ1v) is 10.3. The molecule has 1 N–H and O–H groups in total. The van der Waals surface area contributed by atoms with Gasteiger partial charge >= 0.3 is 0 Å². The molecule has 0 saturated heterocycles. The summed E-state index contributed by atoms with van der Waals surface area (Å²) in [6.07, 6.45) is 2.98. The highest BCUT2D eigenvalue weighted by atomic mass is 32.1. The summed E-state index contributed by atoms with van der Waals surface area (Å²) in [7, 11) is 0. The third-order valence-electron chi connectivity index (χ3n) is 4.47. The van der Waals surface area contributed by atoms with Crippen molar-refractivity contribution in [1.82, 2.24) is 4.98 Å². The first-order valence-electron chi connectivity index (χ1n) is 9.45. The second-order valence-electron chi connectivity index (χ2n) is 6.60. The van der Waals surface area contributed by atoms with E-state index in [0.717, 1.165) is 21.7 Å². The number of aromatic nitrogens is 1. The monoisotopic (exact) mass is 427 g/mol. The number of anilines is 1. The van der Waals surface area contributed by atoms with Gasteiger partial charge in [-0.15, -0.1) is 0 Å². The third kappa shape index (κ3) is 4.91. The highest BCUT2D eigenvalue weighted by Crippen LogP contribution is 2.38. The summed E-state index contributed by atoms with van der Waals surface area (Å²) in [6, 6.07) is 25.7. The van der Waals surface area contributed by atoms with E-state index in [1.54, 1.807) is 18.2 Å². The molecule has 0 atom stereocenters. The van der Waals surface area contributed by atoms with Crippen LogP contribution in [0.3, 0.4) is 0 Å². The van der Waals surface area contributed by atoms with Gasteiger partial charge in [0.2, 0.25) is 5.91 Å². The molecule has 0 spiro atoms. The molecular weight excluding hydrogens is 410 g/mol. The lowest BCUT2D eigenvalue weighted by Crippen LogP contribution is -2.07. The van der Waals surface area contributed by atoms with Gasteiger partial charge in [-0.3, -0.25) is 20.2 Å². The van der Waals surface area contributed by atoms with Gasteiger partial charge in [0.1, 0.15) is 0 Å². The maximum absolute atomic E-state index is 12.4. The number of hydrogen-bond donors (Lipinski definition) is 1. The van der Waals surface area contributed by atoms with Gasteiger partial charge in [-0.1, -0.05) is 72.0 Å². The normalized spacial score (nSPS) is 10.8. The van der Waals surface area contributed by atoms with Crippen LogP contribution >= 0.6 is 11.3 Å². The van der Waals surface area contributed by atoms with Gasteiger partial charge in [0.25, 0.3) is 5.69 Å². The molecule has 3 aromatic carbocycles. The van der Waals surface area contributed by atoms with Crippen molar-refractivity contribution in [3.8, 4) is 21.7 Å². The summed E-state index contributed by atoms with van der Waals surface area (Å²) in [5.74, 6) is -0.327. The lowest BCUT2D eigenvalue weighted by Gasteiger charge is -2.02. The number of benzene rings is 3. The fraction of sp³-hybridized carbons (Fsp3) is 0. The Hall–Kier alpha value is -4.10. The molecule has 6 nitrogen and oxygen atoms in total. The smallest absolute Gasteiger partial charge is 0.269 e. The van der Waals surface area contributed by atoms with Gasteiger partial charge in [0, 0.05) is 23.8 Å². The van der Waals surface area contributed by atoms with Crippen LogP contribution in [0.1, 0.15) is 5.56 Å². The number of carbonyl (C=O) groups excluding carboxylic acids is 1. The molecule has 0 fully saturated rings. The standard InChI is InChI=1S/C24H17N3O3S/c28-21(16-13-17-11-14-20(15-12-17)27(29)30)25-24-26-22(18-7-3-1-4-8-18)23(31-24)19-9-5-2-6-10-19/h1-16H,(H,25,26,28)/b16-13+. The molecule has 0 bridgehead atoms. The zero-order valence-corrected chi connectivity index (χ0v) is 17.1. The minimum absolute atomic E-state index is 0.00581. The van der Waals surface area contributed by atoms with E-state index < -0.39 is 4.92 Å². The number of non-ortho nitro benzene ring substituents is 1. The van der Waals surface area contributed by atoms with Crippen molar-refractivity contribution in [2.75, 3.05) is 5.32 Å². The number of hydrogen-bond acceptors (Lipinski definition) is 5. The molecule has 7 heteroatoms. The van der Waals surface area contributed by atoms with Crippen molar-refractivity contribution in [3.63, 3.8) is 0 Å². The quantitative estimate of drug-likeness (QED) is 0.231. The minimum Gasteiger partial charge on any atom is -0.298 e. The average Bonchev–Trinajstić information content (AvgIpc) is 3.23. The van der Waals surface area contributed by atoms with Crippen LogP contribution < -0.4 is 5.32 Å². The van der Waals surface area contributed by atoms with Crippen molar-refractivity contribution < 1.29 is 9.72 Å². The second-order valence-corrected chi connectivity index (χ2v) is 7.60. The zero-order valence-electron chi connectivity index (χ0n) is 16.3. The number of amides is 1. The number of thiazole rings is 1. The van der Waals surface area contributed by atoms with Crippen molar-refractivity contribution in [2.24, 2.45) is 0 Å². The lowest BCUT2D eigenvalue weighted by atomic mass is 10.1. The SMILES string of the molecule is O=C(/C=C/c1ccc([N+](=O)[O-])cc1)Nc1nc(-c2ccccc2)c(-c2ccccc2)s1. The summed E-state index contributed by atoms with van der Waals surface area (Å²) in [5.41, 5.74) is 3.51. The number of nitrogens with one attached hydrogen (secondary N) is 1. The first-order chi connectivity index (χ1) is 15.1. The summed E-state index contributed by atoms with van der Waals surface area (Å²) in [4.78, 5) is 28.3. The molecule has 4 rings (SSSR count). The van der Waals surface area contributed by atoms with Crippen LogP contribution in [0.5, 0.6) is 0 Å². The van der Waals surface area contributed by atoms with Crippen LogP contribution in [0.2, 0.25) is 0 Å². The Labute approximate surface area is 182 Å². The van der Waals surface area contributed by atoms with Crippen molar-refractivity contribution in [3.05, 3.63) is 107 Å². The van der Waals surface area contributed by atoms with E-state index in [2.05, 4.69) is 10.3 Å². The Balaban J connectivity index is 1.56. The van der Waals surface area contributed by atoms with Crippen LogP contribution in [0.25, 0.3) is 27.8 Å². The van der Waals surface area contributed by atoms with E-state index in [1.807, 2.05) is 60.7 Å². The maximum Gasteiger partial charge on any atom is 0.269 e. The Bertz CT molecular complexity index is 1180. The second kappa shape index (κ2) is 9.15. The van der Waals surface area contributed by atoms with Crippen LogP contribution in [0, 0.1) is 10.1 Å². The number of rotatable bonds is 6. The van der Waals surface area contributed by atoms with E-state index in [4.69, 9.17) is 0 Å². The predicted octanol–water partition coefficient (Wildman–Crippen LogP) is 6.04. The Morgan fingerprint density at radius 3 is 2.13 bits per heavy atom. The molecule has 1 aromatic heterocycles. The summed E-state index contributed by atoms with van der Waals surface area (Å²) in [6.45, 7) is 0. The Morgan fingerprint density at radius 1 is 0.903 bits per heavy atom. The number of nitro benzene ring substituents is 1. The van der Waals surface area contributed by atoms with Crippen molar-refractivity contribution >= 4 is 34.1 Å². The summed E-state index contributed by atoms with van der Waals surface area (Å²) in [5, 5.41) is 14.0. The molecule has 152 valence electrons. The highest BCUT2D eigenvalue weighted by Gasteiger charge is 2.15. The summed E-state index contributed by atoms with van der Waals surface area (Å²) >= 11 is 1.41. The van der Waals surface area contributed by atoms with Gasteiger partial charge < -0.3 is 0 Å². The van der Waals surface area contributed by atoms with Gasteiger partial charge in [-0.2, -0.15) is 0 Å². The fourth-order valence-electron chi connectivity index (χ4n) is 2.98. The molecule has 0 unspecified atom stereocenters. The summed E-state index contributed by atoms with van der Waals surface area (Å²) < 4.78 is 0. The first kappa shape index (κ1) is 20.2. The molecule has 0 radical (unpaired) electrons. The van der Waals surface area contributed by atoms with E-state index >= 15 is 0 Å². The number of carbonyl (C=O) groups is 1. The van der Waals surface area contributed by atoms with Crippen LogP contribution in [0.15, 0.2) is 91.0 Å². The average molecular weight is 427 g/mol. The molecule has 0 aliphatic carbocycles. The van der Waals surface area contributed by atoms with Crippen LogP contribution in [0.4, 0.5) is 10.8 Å². The highest BCUT2D eigenvalue weighted by molar-refractivity contribution is 7.19. The fourth-order valence-corrected chi connectivity index (χ4v) is 3.97. The largest absolute Gasteiger partial charge is 0.298 e. The van der Waals surface area contributed by atoms with Gasteiger partial charge in [0.15, 0.2) is 5.13 Å². The topological polar surface area (TPSA) is 85.1 Å². The van der Waals surface area contributed by atoms with Gasteiger partial charge in [0.05, 0.1) is 15.5 Å². The molecule has 0 aliphatic heterocycles. The maximum atomic E-state index is 12.4. The molecule has 1 heterocycles. The zero-order chi connectivity index (χ0) is 21.6. The van der Waals surface area contributed by atoms with E-state index in [-0.39, 0.29) is 11.6 Å². The Morgan fingerprint density at radius 2 is 1.52 bits per heavy atom. The number of nitrogens with zero attached hydrogens (tertiary/aromatic N) is 2. The van der Waals surface area contributed by atoms with E-state index in [1.165, 1.54) is 29.5 Å². The van der Waals surface area contributed by atoms with Gasteiger partial charge in [-0.25, -0.2) is 4.98 Å².